The van der Waals surface area contributed by atoms with E-state index in [1.54, 1.807) is 6.20 Å². The fourth-order valence-electron chi connectivity index (χ4n) is 2.55. The summed E-state index contributed by atoms with van der Waals surface area (Å²) in [6.45, 7) is 2.86. The van der Waals surface area contributed by atoms with Gasteiger partial charge in [-0.15, -0.1) is 0 Å². The third kappa shape index (κ3) is 2.89. The van der Waals surface area contributed by atoms with E-state index in [1.165, 1.54) is 0 Å². The predicted molar refractivity (Wildman–Crippen MR) is 70.6 cm³/mol. The maximum atomic E-state index is 6.24. The third-order valence-electron chi connectivity index (χ3n) is 3.47. The van der Waals surface area contributed by atoms with Gasteiger partial charge in [0.05, 0.1) is 22.5 Å². The van der Waals surface area contributed by atoms with Gasteiger partial charge >= 0.3 is 0 Å². The molecule has 5 heteroatoms. The molecule has 1 heterocycles. The summed E-state index contributed by atoms with van der Waals surface area (Å²) in [6.07, 6.45) is 5.58. The van der Waals surface area contributed by atoms with E-state index in [0.717, 1.165) is 36.0 Å². The molecule has 1 atom stereocenters. The van der Waals surface area contributed by atoms with Crippen molar-refractivity contribution in [2.24, 2.45) is 18.7 Å². The highest BCUT2D eigenvalue weighted by molar-refractivity contribution is 9.10. The second-order valence-electron chi connectivity index (χ2n) is 4.76. The van der Waals surface area contributed by atoms with Gasteiger partial charge < -0.3 is 10.5 Å². The molecule has 0 radical (unpaired) electrons. The van der Waals surface area contributed by atoms with Crippen molar-refractivity contribution in [2.75, 3.05) is 6.61 Å². The molecule has 1 aliphatic rings. The molecular weight excluding hydrogens is 282 g/mol. The van der Waals surface area contributed by atoms with Gasteiger partial charge in [-0.2, -0.15) is 5.10 Å². The highest BCUT2D eigenvalue weighted by Gasteiger charge is 2.31. The second-order valence-corrected chi connectivity index (χ2v) is 5.61. The van der Waals surface area contributed by atoms with Crippen LogP contribution in [0.25, 0.3) is 0 Å². The van der Waals surface area contributed by atoms with Crippen LogP contribution in [0.1, 0.15) is 37.9 Å². The molecule has 1 aliphatic carbocycles. The molecule has 1 aromatic heterocycles. The molecular formula is C12H20BrN3O. The van der Waals surface area contributed by atoms with Crippen molar-refractivity contribution in [3.63, 3.8) is 0 Å². The molecule has 17 heavy (non-hydrogen) atoms. The number of nitrogens with zero attached hydrogens (tertiary/aromatic N) is 2. The van der Waals surface area contributed by atoms with Gasteiger partial charge in [0, 0.05) is 19.7 Å². The van der Waals surface area contributed by atoms with Crippen LogP contribution < -0.4 is 5.73 Å². The van der Waals surface area contributed by atoms with Crippen LogP contribution in [0, 0.1) is 5.92 Å². The summed E-state index contributed by atoms with van der Waals surface area (Å²) in [4.78, 5) is 0. The molecule has 1 aromatic rings. The van der Waals surface area contributed by atoms with Crippen molar-refractivity contribution in [3.8, 4) is 0 Å². The summed E-state index contributed by atoms with van der Waals surface area (Å²) < 4.78 is 8.42. The highest BCUT2D eigenvalue weighted by Crippen LogP contribution is 2.37. The minimum absolute atomic E-state index is 0.0597. The van der Waals surface area contributed by atoms with Gasteiger partial charge in [0.15, 0.2) is 0 Å². The Morgan fingerprint density at radius 2 is 2.35 bits per heavy atom. The molecule has 0 saturated heterocycles. The van der Waals surface area contributed by atoms with Gasteiger partial charge in [-0.25, -0.2) is 0 Å². The SMILES string of the molecule is CCOC1CC(CC(N)c2c(Br)cnn2C)C1. The smallest absolute Gasteiger partial charge is 0.0690 e. The number of hydrogen-bond donors (Lipinski definition) is 1. The molecule has 0 aliphatic heterocycles. The van der Waals surface area contributed by atoms with Crippen molar-refractivity contribution in [1.29, 1.82) is 0 Å². The van der Waals surface area contributed by atoms with Crippen molar-refractivity contribution < 1.29 is 4.74 Å². The number of hydrogen-bond acceptors (Lipinski definition) is 3. The summed E-state index contributed by atoms with van der Waals surface area (Å²) >= 11 is 3.50. The number of rotatable bonds is 5. The molecule has 1 fully saturated rings. The standard InChI is InChI=1S/C12H20BrN3O/c1-3-17-9-4-8(5-9)6-11(14)12-10(13)7-15-16(12)2/h7-9,11H,3-6,14H2,1-2H3. The Morgan fingerprint density at radius 3 is 2.88 bits per heavy atom. The second kappa shape index (κ2) is 5.50. The van der Waals surface area contributed by atoms with Gasteiger partial charge in [0.1, 0.15) is 0 Å². The maximum Gasteiger partial charge on any atom is 0.0690 e. The minimum atomic E-state index is 0.0597. The van der Waals surface area contributed by atoms with E-state index in [1.807, 2.05) is 18.7 Å². The quantitative estimate of drug-likeness (QED) is 0.908. The molecule has 2 rings (SSSR count). The Kier molecular flexibility index (Phi) is 4.22. The van der Waals surface area contributed by atoms with Crippen LogP contribution in [0.2, 0.25) is 0 Å². The van der Waals surface area contributed by atoms with Crippen LogP contribution in [0.15, 0.2) is 10.7 Å². The maximum absolute atomic E-state index is 6.24. The largest absolute Gasteiger partial charge is 0.378 e. The average molecular weight is 302 g/mol. The van der Waals surface area contributed by atoms with Gasteiger partial charge in [0.2, 0.25) is 0 Å². The van der Waals surface area contributed by atoms with Crippen LogP contribution in [-0.2, 0) is 11.8 Å². The zero-order chi connectivity index (χ0) is 12.4. The number of nitrogens with two attached hydrogens (primary N) is 1. The molecule has 0 amide bonds. The van der Waals surface area contributed by atoms with E-state index in [9.17, 15) is 0 Å². The van der Waals surface area contributed by atoms with Crippen LogP contribution in [-0.4, -0.2) is 22.5 Å². The number of halogens is 1. The fourth-order valence-corrected chi connectivity index (χ4v) is 3.19. The van der Waals surface area contributed by atoms with Gasteiger partial charge in [-0.1, -0.05) is 0 Å². The van der Waals surface area contributed by atoms with E-state index in [0.29, 0.717) is 12.0 Å². The molecule has 2 N–H and O–H groups in total. The average Bonchev–Trinajstić information content (AvgIpc) is 2.55. The number of ether oxygens (including phenoxy) is 1. The predicted octanol–water partition coefficient (Wildman–Crippen LogP) is 2.39. The van der Waals surface area contributed by atoms with E-state index in [2.05, 4.69) is 21.0 Å². The first-order chi connectivity index (χ1) is 8.11. The van der Waals surface area contributed by atoms with Gasteiger partial charge in [0.25, 0.3) is 0 Å². The minimum Gasteiger partial charge on any atom is -0.378 e. The topological polar surface area (TPSA) is 53.1 Å². The molecule has 1 unspecified atom stereocenters. The van der Waals surface area contributed by atoms with E-state index < -0.39 is 0 Å². The van der Waals surface area contributed by atoms with Crippen LogP contribution >= 0.6 is 15.9 Å². The van der Waals surface area contributed by atoms with Crippen molar-refractivity contribution >= 4 is 15.9 Å². The van der Waals surface area contributed by atoms with Crippen LogP contribution in [0.4, 0.5) is 0 Å². The molecule has 96 valence electrons. The molecule has 1 saturated carbocycles. The lowest BCUT2D eigenvalue weighted by Gasteiger charge is -2.36. The van der Waals surface area contributed by atoms with Gasteiger partial charge in [-0.05, 0) is 48.0 Å². The molecule has 4 nitrogen and oxygen atoms in total. The lowest BCUT2D eigenvalue weighted by molar-refractivity contribution is -0.0283. The Bertz CT molecular complexity index is 354. The zero-order valence-electron chi connectivity index (χ0n) is 10.4. The number of aryl methyl sites for hydroxylation is 1. The Hall–Kier alpha value is -0.390. The van der Waals surface area contributed by atoms with Gasteiger partial charge in [-0.3, -0.25) is 4.68 Å². The molecule has 0 spiro atoms. The van der Waals surface area contributed by atoms with Crippen molar-refractivity contribution in [1.82, 2.24) is 9.78 Å². The molecule has 0 aromatic carbocycles. The summed E-state index contributed by atoms with van der Waals surface area (Å²) in [6, 6.07) is 0.0597. The first-order valence-electron chi connectivity index (χ1n) is 6.16. The first kappa shape index (κ1) is 13.1. The van der Waals surface area contributed by atoms with Crippen molar-refractivity contribution in [3.05, 3.63) is 16.4 Å². The zero-order valence-corrected chi connectivity index (χ0v) is 12.0. The fraction of sp³-hybridized carbons (Fsp3) is 0.750. The normalized spacial score (nSPS) is 25.6. The summed E-state index contributed by atoms with van der Waals surface area (Å²) in [7, 11) is 1.93. The number of aromatic nitrogens is 2. The summed E-state index contributed by atoms with van der Waals surface area (Å²) in [5, 5.41) is 4.20. The summed E-state index contributed by atoms with van der Waals surface area (Å²) in [5.74, 6) is 0.698. The lowest BCUT2D eigenvalue weighted by atomic mass is 9.78. The van der Waals surface area contributed by atoms with Crippen LogP contribution in [0.5, 0.6) is 0 Å². The van der Waals surface area contributed by atoms with Crippen molar-refractivity contribution in [2.45, 2.75) is 38.3 Å². The highest BCUT2D eigenvalue weighted by atomic mass is 79.9. The van der Waals surface area contributed by atoms with Crippen LogP contribution in [0.3, 0.4) is 0 Å². The monoisotopic (exact) mass is 301 g/mol. The summed E-state index contributed by atoms with van der Waals surface area (Å²) in [5.41, 5.74) is 7.33. The van der Waals surface area contributed by atoms with E-state index >= 15 is 0 Å². The van der Waals surface area contributed by atoms with E-state index in [4.69, 9.17) is 10.5 Å². The Balaban J connectivity index is 1.85. The first-order valence-corrected chi connectivity index (χ1v) is 6.95. The lowest BCUT2D eigenvalue weighted by Crippen LogP contribution is -2.33. The Morgan fingerprint density at radius 1 is 1.65 bits per heavy atom. The third-order valence-corrected chi connectivity index (χ3v) is 4.08. The molecule has 0 bridgehead atoms. The Labute approximate surface area is 111 Å². The van der Waals surface area contributed by atoms with E-state index in [-0.39, 0.29) is 6.04 Å².